The number of piperidine rings is 1. The lowest BCUT2D eigenvalue weighted by Gasteiger charge is -2.31. The number of carbonyl (C=O) groups is 2. The maximum absolute atomic E-state index is 13.0. The molecule has 1 aliphatic rings. The number of Topliss-reactive ketones (excluding diaryl/α,β-unsaturated/α-hetero) is 1. The van der Waals surface area contributed by atoms with E-state index in [-0.39, 0.29) is 17.6 Å². The van der Waals surface area contributed by atoms with E-state index >= 15 is 0 Å². The van der Waals surface area contributed by atoms with Gasteiger partial charge in [-0.3, -0.25) is 19.3 Å². The second-order valence-corrected chi connectivity index (χ2v) is 7.01. The number of carbonyl (C=O) groups excluding carboxylic acids is 2. The van der Waals surface area contributed by atoms with Gasteiger partial charge < -0.3 is 9.42 Å². The summed E-state index contributed by atoms with van der Waals surface area (Å²) in [5.74, 6) is 0.569. The number of ketones is 1. The van der Waals surface area contributed by atoms with Crippen molar-refractivity contribution in [1.29, 1.82) is 0 Å². The molecule has 144 valence electrons. The van der Waals surface area contributed by atoms with Gasteiger partial charge in [0.2, 0.25) is 0 Å². The molecule has 3 aromatic heterocycles. The van der Waals surface area contributed by atoms with E-state index in [1.165, 1.54) is 6.20 Å². The molecule has 0 atom stereocenters. The molecule has 0 aliphatic carbocycles. The Labute approximate surface area is 162 Å². The number of likely N-dealkylation sites (tertiary alicyclic amines) is 1. The summed E-state index contributed by atoms with van der Waals surface area (Å²) in [5, 5.41) is 8.02. The molecule has 0 aromatic carbocycles. The van der Waals surface area contributed by atoms with Crippen molar-refractivity contribution < 1.29 is 14.1 Å². The SMILES string of the molecule is Cn1cc(-c2ccno2)c(C(=O)N2CCC(C(=O)Cc3ccncc3)CC2)n1. The molecule has 0 radical (unpaired) electrons. The number of nitrogens with zero attached hydrogens (tertiary/aromatic N) is 5. The van der Waals surface area contributed by atoms with Crippen LogP contribution in [-0.2, 0) is 18.3 Å². The monoisotopic (exact) mass is 379 g/mol. The molecule has 4 rings (SSSR count). The Morgan fingerprint density at radius 2 is 1.89 bits per heavy atom. The van der Waals surface area contributed by atoms with Gasteiger partial charge in [-0.05, 0) is 30.5 Å². The van der Waals surface area contributed by atoms with E-state index in [1.54, 1.807) is 41.3 Å². The molecule has 28 heavy (non-hydrogen) atoms. The Morgan fingerprint density at radius 3 is 2.57 bits per heavy atom. The summed E-state index contributed by atoms with van der Waals surface area (Å²) in [4.78, 5) is 31.3. The third kappa shape index (κ3) is 3.71. The quantitative estimate of drug-likeness (QED) is 0.674. The molecule has 0 spiro atoms. The average Bonchev–Trinajstić information content (AvgIpc) is 3.38. The van der Waals surface area contributed by atoms with E-state index in [4.69, 9.17) is 4.52 Å². The summed E-state index contributed by atoms with van der Waals surface area (Å²) in [6, 6.07) is 5.43. The van der Waals surface area contributed by atoms with Crippen LogP contribution in [0, 0.1) is 5.92 Å². The van der Waals surface area contributed by atoms with Gasteiger partial charge in [0.05, 0.1) is 11.8 Å². The van der Waals surface area contributed by atoms with Gasteiger partial charge in [-0.2, -0.15) is 5.10 Å². The summed E-state index contributed by atoms with van der Waals surface area (Å²) >= 11 is 0. The van der Waals surface area contributed by atoms with E-state index in [0.29, 0.717) is 49.4 Å². The van der Waals surface area contributed by atoms with Crippen LogP contribution in [0.25, 0.3) is 11.3 Å². The molecule has 1 amide bonds. The second kappa shape index (κ2) is 7.75. The van der Waals surface area contributed by atoms with Crippen molar-refractivity contribution in [1.82, 2.24) is 24.8 Å². The minimum Gasteiger partial charge on any atom is -0.356 e. The molecule has 0 unspecified atom stereocenters. The highest BCUT2D eigenvalue weighted by Gasteiger charge is 2.30. The lowest BCUT2D eigenvalue weighted by molar-refractivity contribution is -0.123. The Bertz CT molecular complexity index is 957. The zero-order valence-electron chi connectivity index (χ0n) is 15.6. The fourth-order valence-corrected chi connectivity index (χ4v) is 3.58. The molecule has 0 saturated carbocycles. The number of amides is 1. The van der Waals surface area contributed by atoms with Crippen LogP contribution in [0.2, 0.25) is 0 Å². The van der Waals surface area contributed by atoms with Gasteiger partial charge >= 0.3 is 0 Å². The van der Waals surface area contributed by atoms with Crippen LogP contribution >= 0.6 is 0 Å². The van der Waals surface area contributed by atoms with E-state index in [9.17, 15) is 9.59 Å². The molecule has 8 nitrogen and oxygen atoms in total. The number of rotatable bonds is 5. The topological polar surface area (TPSA) is 94.1 Å². The summed E-state index contributed by atoms with van der Waals surface area (Å²) in [7, 11) is 1.76. The first-order valence-electron chi connectivity index (χ1n) is 9.27. The maximum Gasteiger partial charge on any atom is 0.275 e. The summed E-state index contributed by atoms with van der Waals surface area (Å²) in [6.45, 7) is 1.08. The first-order chi connectivity index (χ1) is 13.6. The highest BCUT2D eigenvalue weighted by molar-refractivity contribution is 5.98. The normalized spacial score (nSPS) is 15.0. The molecule has 0 bridgehead atoms. The van der Waals surface area contributed by atoms with Crippen LogP contribution in [0.3, 0.4) is 0 Å². The third-order valence-electron chi connectivity index (χ3n) is 5.10. The average molecular weight is 379 g/mol. The van der Waals surface area contributed by atoms with Crippen LogP contribution < -0.4 is 0 Å². The number of aromatic nitrogens is 4. The zero-order chi connectivity index (χ0) is 19.5. The van der Waals surface area contributed by atoms with Crippen molar-refractivity contribution in [2.24, 2.45) is 13.0 Å². The van der Waals surface area contributed by atoms with Crippen molar-refractivity contribution >= 4 is 11.7 Å². The van der Waals surface area contributed by atoms with Gasteiger partial charge in [0.1, 0.15) is 5.78 Å². The molecular weight excluding hydrogens is 358 g/mol. The maximum atomic E-state index is 13.0. The van der Waals surface area contributed by atoms with E-state index in [0.717, 1.165) is 5.56 Å². The standard InChI is InChI=1S/C20H21N5O3/c1-24-13-16(18-4-9-22-28-18)19(23-24)20(27)25-10-5-15(6-11-25)17(26)12-14-2-7-21-8-3-14/h2-4,7-9,13,15H,5-6,10-12H2,1H3. The fraction of sp³-hybridized carbons (Fsp3) is 0.350. The van der Waals surface area contributed by atoms with Gasteiger partial charge in [-0.1, -0.05) is 5.16 Å². The third-order valence-corrected chi connectivity index (χ3v) is 5.10. The lowest BCUT2D eigenvalue weighted by Crippen LogP contribution is -2.41. The minimum absolute atomic E-state index is 0.0188. The van der Waals surface area contributed by atoms with Gasteiger partial charge in [-0.25, -0.2) is 0 Å². The van der Waals surface area contributed by atoms with Crippen molar-refractivity contribution in [2.75, 3.05) is 13.1 Å². The first-order valence-corrected chi connectivity index (χ1v) is 9.27. The Kier molecular flexibility index (Phi) is 5.01. The van der Waals surface area contributed by atoms with Crippen LogP contribution in [-0.4, -0.2) is 49.6 Å². The van der Waals surface area contributed by atoms with Crippen LogP contribution in [0.1, 0.15) is 28.9 Å². The fourth-order valence-electron chi connectivity index (χ4n) is 3.58. The minimum atomic E-state index is -0.146. The smallest absolute Gasteiger partial charge is 0.275 e. The zero-order valence-corrected chi connectivity index (χ0v) is 15.6. The summed E-state index contributed by atoms with van der Waals surface area (Å²) in [5.41, 5.74) is 1.95. The second-order valence-electron chi connectivity index (χ2n) is 7.01. The lowest BCUT2D eigenvalue weighted by atomic mass is 9.89. The molecular formula is C20H21N5O3. The van der Waals surface area contributed by atoms with Crippen LogP contribution in [0.5, 0.6) is 0 Å². The summed E-state index contributed by atoms with van der Waals surface area (Å²) in [6.07, 6.45) is 8.43. The highest BCUT2D eigenvalue weighted by atomic mass is 16.5. The number of hydrogen-bond acceptors (Lipinski definition) is 6. The summed E-state index contributed by atoms with van der Waals surface area (Å²) < 4.78 is 6.79. The Morgan fingerprint density at radius 1 is 1.14 bits per heavy atom. The number of hydrogen-bond donors (Lipinski definition) is 0. The highest BCUT2D eigenvalue weighted by Crippen LogP contribution is 2.26. The first kappa shape index (κ1) is 18.1. The van der Waals surface area contributed by atoms with Gasteiger partial charge in [-0.15, -0.1) is 0 Å². The van der Waals surface area contributed by atoms with Gasteiger partial charge in [0.25, 0.3) is 5.91 Å². The number of pyridine rings is 1. The predicted molar refractivity (Wildman–Crippen MR) is 100 cm³/mol. The van der Waals surface area contributed by atoms with Crippen LogP contribution in [0.15, 0.2) is 47.5 Å². The molecule has 1 aliphatic heterocycles. The van der Waals surface area contributed by atoms with Crippen molar-refractivity contribution in [3.63, 3.8) is 0 Å². The van der Waals surface area contributed by atoms with Crippen molar-refractivity contribution in [2.45, 2.75) is 19.3 Å². The molecule has 0 N–H and O–H groups in total. The Hall–Kier alpha value is -3.29. The van der Waals surface area contributed by atoms with Crippen molar-refractivity contribution in [3.8, 4) is 11.3 Å². The van der Waals surface area contributed by atoms with E-state index < -0.39 is 0 Å². The molecule has 3 aromatic rings. The van der Waals surface area contributed by atoms with Crippen LogP contribution in [0.4, 0.5) is 0 Å². The van der Waals surface area contributed by atoms with E-state index in [1.807, 2.05) is 12.1 Å². The Balaban J connectivity index is 1.40. The van der Waals surface area contributed by atoms with Gasteiger partial charge in [0.15, 0.2) is 11.5 Å². The molecule has 4 heterocycles. The predicted octanol–water partition coefficient (Wildman–Crippen LogP) is 2.13. The molecule has 8 heteroatoms. The molecule has 1 saturated heterocycles. The molecule has 1 fully saturated rings. The number of aryl methyl sites for hydroxylation is 1. The van der Waals surface area contributed by atoms with E-state index in [2.05, 4.69) is 15.2 Å². The largest absolute Gasteiger partial charge is 0.356 e. The van der Waals surface area contributed by atoms with Crippen molar-refractivity contribution in [3.05, 3.63) is 54.2 Å². The van der Waals surface area contributed by atoms with Gasteiger partial charge in [0, 0.05) is 57.1 Å².